The highest BCUT2D eigenvalue weighted by atomic mass is 16.5. The van der Waals surface area contributed by atoms with Crippen LogP contribution in [-0.2, 0) is 9.53 Å². The molecule has 0 aromatic heterocycles. The molecule has 0 saturated carbocycles. The zero-order valence-corrected chi connectivity index (χ0v) is 9.58. The molecule has 0 spiro atoms. The summed E-state index contributed by atoms with van der Waals surface area (Å²) < 4.78 is 5.29. The Kier molecular flexibility index (Phi) is 7.95. The van der Waals surface area contributed by atoms with Crippen molar-refractivity contribution < 1.29 is 14.6 Å². The lowest BCUT2D eigenvalue weighted by molar-refractivity contribution is -0.137. The molecule has 1 atom stereocenters. The van der Waals surface area contributed by atoms with Crippen LogP contribution in [0.5, 0.6) is 0 Å². The van der Waals surface area contributed by atoms with Crippen LogP contribution < -0.4 is 5.32 Å². The van der Waals surface area contributed by atoms with Crippen LogP contribution in [0, 0.1) is 0 Å². The molecular weight excluding hydrogens is 194 g/mol. The first-order chi connectivity index (χ1) is 7.02. The highest BCUT2D eigenvalue weighted by Crippen LogP contribution is 1.95. The Labute approximate surface area is 91.3 Å². The molecule has 0 aliphatic rings. The number of hydrogen-bond donors (Lipinski definition) is 2. The summed E-state index contributed by atoms with van der Waals surface area (Å²) in [6, 6.07) is 0.217. The van der Waals surface area contributed by atoms with Gasteiger partial charge in [0.2, 0.25) is 0 Å². The third kappa shape index (κ3) is 11.1. The molecule has 0 heterocycles. The van der Waals surface area contributed by atoms with Crippen molar-refractivity contribution in [3.05, 3.63) is 12.2 Å². The summed E-state index contributed by atoms with van der Waals surface area (Å²) in [5.74, 6) is -0.748. The van der Waals surface area contributed by atoms with E-state index in [0.717, 1.165) is 12.1 Å². The van der Waals surface area contributed by atoms with Gasteiger partial charge in [0.15, 0.2) is 0 Å². The fourth-order valence-electron chi connectivity index (χ4n) is 1.07. The Morgan fingerprint density at radius 3 is 2.80 bits per heavy atom. The van der Waals surface area contributed by atoms with Crippen molar-refractivity contribution in [2.45, 2.75) is 32.7 Å². The van der Waals surface area contributed by atoms with Gasteiger partial charge in [-0.3, -0.25) is 4.79 Å². The number of carboxylic acids is 1. The molecule has 0 aromatic rings. The third-order valence-corrected chi connectivity index (χ3v) is 1.88. The average Bonchev–Trinajstić information content (AvgIpc) is 2.13. The van der Waals surface area contributed by atoms with Gasteiger partial charge >= 0.3 is 5.97 Å². The van der Waals surface area contributed by atoms with Crippen molar-refractivity contribution in [1.29, 1.82) is 0 Å². The van der Waals surface area contributed by atoms with Crippen LogP contribution in [-0.4, -0.2) is 36.9 Å². The van der Waals surface area contributed by atoms with Gasteiger partial charge in [0, 0.05) is 19.0 Å². The van der Waals surface area contributed by atoms with Crippen molar-refractivity contribution in [2.24, 2.45) is 0 Å². The second-order valence-corrected chi connectivity index (χ2v) is 3.80. The molecule has 0 fully saturated rings. The van der Waals surface area contributed by atoms with Gasteiger partial charge in [-0.1, -0.05) is 12.2 Å². The van der Waals surface area contributed by atoms with Gasteiger partial charge in [0.25, 0.3) is 0 Å². The van der Waals surface area contributed by atoms with Crippen molar-refractivity contribution in [3.8, 4) is 0 Å². The van der Waals surface area contributed by atoms with Crippen molar-refractivity contribution in [2.75, 3.05) is 19.8 Å². The minimum atomic E-state index is -0.748. The number of rotatable bonds is 9. The van der Waals surface area contributed by atoms with Crippen molar-refractivity contribution in [3.63, 3.8) is 0 Å². The summed E-state index contributed by atoms with van der Waals surface area (Å²) in [5.41, 5.74) is 1.01. The maximum Gasteiger partial charge on any atom is 0.303 e. The SMILES string of the molecule is C=C(C)COCCNC(C)CCC(=O)O. The molecule has 0 aliphatic carbocycles. The Hall–Kier alpha value is -0.870. The van der Waals surface area contributed by atoms with E-state index in [2.05, 4.69) is 11.9 Å². The van der Waals surface area contributed by atoms with E-state index in [1.54, 1.807) is 0 Å². The zero-order chi connectivity index (χ0) is 11.7. The maximum atomic E-state index is 10.3. The van der Waals surface area contributed by atoms with Crippen LogP contribution in [0.25, 0.3) is 0 Å². The molecule has 0 rings (SSSR count). The first kappa shape index (κ1) is 14.1. The maximum absolute atomic E-state index is 10.3. The second-order valence-electron chi connectivity index (χ2n) is 3.80. The van der Waals surface area contributed by atoms with E-state index >= 15 is 0 Å². The molecule has 1 unspecified atom stereocenters. The lowest BCUT2D eigenvalue weighted by atomic mass is 10.2. The summed E-state index contributed by atoms with van der Waals surface area (Å²) in [5, 5.41) is 11.7. The van der Waals surface area contributed by atoms with Gasteiger partial charge < -0.3 is 15.2 Å². The quantitative estimate of drug-likeness (QED) is 0.451. The number of nitrogens with one attached hydrogen (secondary N) is 1. The Balaban J connectivity index is 3.27. The van der Waals surface area contributed by atoms with Crippen LogP contribution in [0.1, 0.15) is 26.7 Å². The van der Waals surface area contributed by atoms with Gasteiger partial charge in [-0.15, -0.1) is 0 Å². The van der Waals surface area contributed by atoms with Crippen molar-refractivity contribution in [1.82, 2.24) is 5.32 Å². The molecule has 0 bridgehead atoms. The van der Waals surface area contributed by atoms with Crippen LogP contribution in [0.3, 0.4) is 0 Å². The molecule has 15 heavy (non-hydrogen) atoms. The van der Waals surface area contributed by atoms with E-state index in [9.17, 15) is 4.79 Å². The van der Waals surface area contributed by atoms with E-state index in [4.69, 9.17) is 9.84 Å². The van der Waals surface area contributed by atoms with E-state index in [0.29, 0.717) is 19.6 Å². The molecule has 4 heteroatoms. The van der Waals surface area contributed by atoms with E-state index in [1.807, 2.05) is 13.8 Å². The predicted octanol–water partition coefficient (Wildman–Crippen LogP) is 1.42. The molecule has 0 aromatic carbocycles. The van der Waals surface area contributed by atoms with E-state index < -0.39 is 5.97 Å². The molecule has 0 amide bonds. The molecule has 4 nitrogen and oxygen atoms in total. The van der Waals surface area contributed by atoms with Gasteiger partial charge in [0.05, 0.1) is 13.2 Å². The lowest BCUT2D eigenvalue weighted by Gasteiger charge is -2.12. The molecule has 0 saturated heterocycles. The average molecular weight is 215 g/mol. The number of carboxylic acid groups (broad SMARTS) is 1. The standard InChI is InChI=1S/C11H21NO3/c1-9(2)8-15-7-6-12-10(3)4-5-11(13)14/h10,12H,1,4-8H2,2-3H3,(H,13,14). The fourth-order valence-corrected chi connectivity index (χ4v) is 1.07. The fraction of sp³-hybridized carbons (Fsp3) is 0.727. The zero-order valence-electron chi connectivity index (χ0n) is 9.58. The first-order valence-electron chi connectivity index (χ1n) is 5.19. The second kappa shape index (κ2) is 8.44. The third-order valence-electron chi connectivity index (χ3n) is 1.88. The molecular formula is C11H21NO3. The van der Waals surface area contributed by atoms with Gasteiger partial charge in [-0.05, 0) is 20.3 Å². The summed E-state index contributed by atoms with van der Waals surface area (Å²) in [6.07, 6.45) is 0.858. The molecule has 2 N–H and O–H groups in total. The van der Waals surface area contributed by atoms with Crippen LogP contribution >= 0.6 is 0 Å². The Morgan fingerprint density at radius 2 is 2.27 bits per heavy atom. The molecule has 0 aliphatic heterocycles. The van der Waals surface area contributed by atoms with Gasteiger partial charge in [0.1, 0.15) is 0 Å². The minimum absolute atomic E-state index is 0.209. The number of ether oxygens (including phenoxy) is 1. The minimum Gasteiger partial charge on any atom is -0.481 e. The summed E-state index contributed by atoms with van der Waals surface area (Å²) >= 11 is 0. The lowest BCUT2D eigenvalue weighted by Crippen LogP contribution is -2.30. The van der Waals surface area contributed by atoms with Crippen LogP contribution in [0.2, 0.25) is 0 Å². The number of aliphatic carboxylic acids is 1. The summed E-state index contributed by atoms with van der Waals surface area (Å²) in [4.78, 5) is 10.3. The van der Waals surface area contributed by atoms with Crippen molar-refractivity contribution >= 4 is 5.97 Å². The van der Waals surface area contributed by atoms with E-state index in [-0.39, 0.29) is 12.5 Å². The Bertz CT molecular complexity index is 204. The monoisotopic (exact) mass is 215 g/mol. The Morgan fingerprint density at radius 1 is 1.60 bits per heavy atom. The van der Waals surface area contributed by atoms with Gasteiger partial charge in [-0.2, -0.15) is 0 Å². The number of hydrogen-bond acceptors (Lipinski definition) is 3. The largest absolute Gasteiger partial charge is 0.481 e. The highest BCUT2D eigenvalue weighted by molar-refractivity contribution is 5.66. The summed E-state index contributed by atoms with van der Waals surface area (Å²) in [6.45, 7) is 9.58. The number of carbonyl (C=O) groups is 1. The summed E-state index contributed by atoms with van der Waals surface area (Å²) in [7, 11) is 0. The smallest absolute Gasteiger partial charge is 0.303 e. The van der Waals surface area contributed by atoms with Gasteiger partial charge in [-0.25, -0.2) is 0 Å². The predicted molar refractivity (Wildman–Crippen MR) is 60.0 cm³/mol. The van der Waals surface area contributed by atoms with E-state index in [1.165, 1.54) is 0 Å². The first-order valence-corrected chi connectivity index (χ1v) is 5.19. The molecule has 0 radical (unpaired) electrons. The molecule has 88 valence electrons. The van der Waals surface area contributed by atoms with Crippen LogP contribution in [0.15, 0.2) is 12.2 Å². The normalized spacial score (nSPS) is 12.4. The van der Waals surface area contributed by atoms with Crippen LogP contribution in [0.4, 0.5) is 0 Å². The highest BCUT2D eigenvalue weighted by Gasteiger charge is 2.03. The topological polar surface area (TPSA) is 58.6 Å².